The number of carbonyl (C=O) groups is 1. The molecule has 1 heterocycles. The summed E-state index contributed by atoms with van der Waals surface area (Å²) < 4.78 is 45.6. The Hall–Kier alpha value is -3.42. The van der Waals surface area contributed by atoms with E-state index >= 15 is 0 Å². The SMILES string of the molecule is COc1ccc2ccc(F)c(CC(=O)N/N=C/c3ccc(F)cc3F)c2n1. The quantitative estimate of drug-likeness (QED) is 0.551. The minimum atomic E-state index is -0.815. The summed E-state index contributed by atoms with van der Waals surface area (Å²) in [7, 11) is 1.43. The lowest BCUT2D eigenvalue weighted by Gasteiger charge is -2.08. The summed E-state index contributed by atoms with van der Waals surface area (Å²) in [5.41, 5.74) is 2.58. The van der Waals surface area contributed by atoms with Gasteiger partial charge in [0.2, 0.25) is 11.8 Å². The molecule has 0 saturated heterocycles. The van der Waals surface area contributed by atoms with E-state index in [1.165, 1.54) is 19.2 Å². The number of halogens is 3. The Balaban J connectivity index is 1.77. The number of methoxy groups -OCH3 is 1. The van der Waals surface area contributed by atoms with Gasteiger partial charge in [-0.2, -0.15) is 5.10 Å². The number of nitrogens with one attached hydrogen (secondary N) is 1. The molecule has 3 aromatic rings. The Morgan fingerprint density at radius 1 is 1.15 bits per heavy atom. The second-order valence-corrected chi connectivity index (χ2v) is 5.59. The molecular formula is C19H14F3N3O2. The molecule has 8 heteroatoms. The summed E-state index contributed by atoms with van der Waals surface area (Å²) in [5.74, 6) is -2.45. The second kappa shape index (κ2) is 7.86. The van der Waals surface area contributed by atoms with Gasteiger partial charge in [-0.05, 0) is 30.3 Å². The van der Waals surface area contributed by atoms with Crippen LogP contribution in [0.15, 0.2) is 47.6 Å². The number of rotatable bonds is 5. The van der Waals surface area contributed by atoms with E-state index < -0.39 is 23.4 Å². The third-order valence-corrected chi connectivity index (χ3v) is 3.79. The molecule has 138 valence electrons. The van der Waals surface area contributed by atoms with Crippen LogP contribution >= 0.6 is 0 Å². The van der Waals surface area contributed by atoms with Crippen LogP contribution in [0.25, 0.3) is 10.9 Å². The average molecular weight is 373 g/mol. The highest BCUT2D eigenvalue weighted by Crippen LogP contribution is 2.23. The van der Waals surface area contributed by atoms with Gasteiger partial charge in [-0.25, -0.2) is 23.6 Å². The van der Waals surface area contributed by atoms with E-state index in [2.05, 4.69) is 15.5 Å². The van der Waals surface area contributed by atoms with Crippen molar-refractivity contribution in [3.05, 3.63) is 71.0 Å². The van der Waals surface area contributed by atoms with Gasteiger partial charge in [0.1, 0.15) is 17.5 Å². The van der Waals surface area contributed by atoms with Gasteiger partial charge in [0, 0.05) is 28.6 Å². The zero-order valence-electron chi connectivity index (χ0n) is 14.2. The Morgan fingerprint density at radius 3 is 2.67 bits per heavy atom. The zero-order chi connectivity index (χ0) is 19.4. The van der Waals surface area contributed by atoms with Crippen molar-refractivity contribution in [2.75, 3.05) is 7.11 Å². The maximum atomic E-state index is 14.2. The van der Waals surface area contributed by atoms with Gasteiger partial charge >= 0.3 is 0 Å². The van der Waals surface area contributed by atoms with Crippen LogP contribution in [-0.2, 0) is 11.2 Å². The summed E-state index contributed by atoms with van der Waals surface area (Å²) >= 11 is 0. The van der Waals surface area contributed by atoms with E-state index in [4.69, 9.17) is 4.74 Å². The fraction of sp³-hybridized carbons (Fsp3) is 0.105. The second-order valence-electron chi connectivity index (χ2n) is 5.59. The first-order valence-electron chi connectivity index (χ1n) is 7.87. The highest BCUT2D eigenvalue weighted by atomic mass is 19.1. The lowest BCUT2D eigenvalue weighted by molar-refractivity contribution is -0.120. The summed E-state index contributed by atoms with van der Waals surface area (Å²) in [6.45, 7) is 0. The molecule has 0 bridgehead atoms. The van der Waals surface area contributed by atoms with Crippen LogP contribution in [0, 0.1) is 17.5 Å². The molecule has 0 atom stereocenters. The molecule has 0 unspecified atom stereocenters. The Bertz CT molecular complexity index is 1040. The molecule has 1 amide bonds. The van der Waals surface area contributed by atoms with E-state index in [0.717, 1.165) is 12.3 Å². The third kappa shape index (κ3) is 4.22. The molecule has 0 saturated carbocycles. The van der Waals surface area contributed by atoms with Crippen LogP contribution in [0.5, 0.6) is 5.88 Å². The fourth-order valence-electron chi connectivity index (χ4n) is 2.47. The van der Waals surface area contributed by atoms with Gasteiger partial charge in [0.05, 0.1) is 25.3 Å². The molecular weight excluding hydrogens is 359 g/mol. The van der Waals surface area contributed by atoms with Crippen molar-refractivity contribution in [2.24, 2.45) is 5.10 Å². The lowest BCUT2D eigenvalue weighted by Crippen LogP contribution is -2.20. The van der Waals surface area contributed by atoms with Crippen LogP contribution < -0.4 is 10.2 Å². The van der Waals surface area contributed by atoms with E-state index in [1.54, 1.807) is 18.2 Å². The fourth-order valence-corrected chi connectivity index (χ4v) is 2.47. The number of hydrogen-bond donors (Lipinski definition) is 1. The van der Waals surface area contributed by atoms with Crippen molar-refractivity contribution in [3.8, 4) is 5.88 Å². The van der Waals surface area contributed by atoms with Gasteiger partial charge in [-0.1, -0.05) is 0 Å². The molecule has 3 rings (SSSR count). The highest BCUT2D eigenvalue weighted by Gasteiger charge is 2.14. The van der Waals surface area contributed by atoms with Gasteiger partial charge < -0.3 is 4.74 Å². The van der Waals surface area contributed by atoms with Gasteiger partial charge in [0.25, 0.3) is 0 Å². The first kappa shape index (κ1) is 18.4. The summed E-state index contributed by atoms with van der Waals surface area (Å²) in [5, 5.41) is 4.27. The Morgan fingerprint density at radius 2 is 1.93 bits per heavy atom. The molecule has 1 N–H and O–H groups in total. The van der Waals surface area contributed by atoms with E-state index in [-0.39, 0.29) is 17.5 Å². The lowest BCUT2D eigenvalue weighted by atomic mass is 10.1. The highest BCUT2D eigenvalue weighted by molar-refractivity contribution is 5.89. The van der Waals surface area contributed by atoms with Gasteiger partial charge in [-0.15, -0.1) is 0 Å². The molecule has 0 aliphatic carbocycles. The third-order valence-electron chi connectivity index (χ3n) is 3.79. The maximum Gasteiger partial charge on any atom is 0.244 e. The number of amides is 1. The van der Waals surface area contributed by atoms with E-state index in [9.17, 15) is 18.0 Å². The minimum Gasteiger partial charge on any atom is -0.481 e. The molecule has 0 fully saturated rings. The number of benzene rings is 2. The predicted molar refractivity (Wildman–Crippen MR) is 94.1 cm³/mol. The van der Waals surface area contributed by atoms with Crippen LogP contribution in [0.3, 0.4) is 0 Å². The first-order valence-corrected chi connectivity index (χ1v) is 7.87. The van der Waals surface area contributed by atoms with Gasteiger partial charge in [0.15, 0.2) is 0 Å². The molecule has 0 aliphatic rings. The zero-order valence-corrected chi connectivity index (χ0v) is 14.2. The molecule has 1 aromatic heterocycles. The number of ether oxygens (including phenoxy) is 1. The average Bonchev–Trinajstić information content (AvgIpc) is 2.65. The molecule has 2 aromatic carbocycles. The largest absolute Gasteiger partial charge is 0.481 e. The number of hydrazone groups is 1. The molecule has 0 aliphatic heterocycles. The van der Waals surface area contributed by atoms with Crippen molar-refractivity contribution in [2.45, 2.75) is 6.42 Å². The number of pyridine rings is 1. The Labute approximate surface area is 152 Å². The minimum absolute atomic E-state index is 0.000514. The maximum absolute atomic E-state index is 14.2. The van der Waals surface area contributed by atoms with Crippen LogP contribution in [0.1, 0.15) is 11.1 Å². The number of aromatic nitrogens is 1. The summed E-state index contributed by atoms with van der Waals surface area (Å²) in [4.78, 5) is 16.3. The number of hydrogen-bond acceptors (Lipinski definition) is 4. The van der Waals surface area contributed by atoms with Crippen molar-refractivity contribution in [1.29, 1.82) is 0 Å². The monoisotopic (exact) mass is 373 g/mol. The standard InChI is InChI=1S/C19H14F3N3O2/c1-27-18-7-4-11-3-6-15(21)14(19(11)24-18)9-17(26)25-23-10-12-2-5-13(20)8-16(12)22/h2-8,10H,9H2,1H3,(H,25,26)/b23-10+. The van der Waals surface area contributed by atoms with Gasteiger partial charge in [-0.3, -0.25) is 4.79 Å². The predicted octanol–water partition coefficient (Wildman–Crippen LogP) is 3.35. The van der Waals surface area contributed by atoms with E-state index in [0.29, 0.717) is 22.8 Å². The number of fused-ring (bicyclic) bond motifs is 1. The summed E-state index contributed by atoms with van der Waals surface area (Å²) in [6, 6.07) is 9.08. The smallest absolute Gasteiger partial charge is 0.244 e. The first-order chi connectivity index (χ1) is 13.0. The van der Waals surface area contributed by atoms with Crippen molar-refractivity contribution in [3.63, 3.8) is 0 Å². The molecule has 27 heavy (non-hydrogen) atoms. The topological polar surface area (TPSA) is 63.6 Å². The van der Waals surface area contributed by atoms with Crippen molar-refractivity contribution >= 4 is 23.0 Å². The van der Waals surface area contributed by atoms with Crippen LogP contribution in [0.2, 0.25) is 0 Å². The molecule has 0 radical (unpaired) electrons. The summed E-state index contributed by atoms with van der Waals surface area (Å²) in [6.07, 6.45) is 0.708. The Kier molecular flexibility index (Phi) is 5.35. The van der Waals surface area contributed by atoms with Crippen LogP contribution in [0.4, 0.5) is 13.2 Å². The number of carbonyl (C=O) groups excluding carboxylic acids is 1. The van der Waals surface area contributed by atoms with Crippen molar-refractivity contribution < 1.29 is 22.7 Å². The molecule has 5 nitrogen and oxygen atoms in total. The van der Waals surface area contributed by atoms with Crippen LogP contribution in [-0.4, -0.2) is 24.2 Å². The van der Waals surface area contributed by atoms with E-state index in [1.807, 2.05) is 0 Å². The van der Waals surface area contributed by atoms with Crippen molar-refractivity contribution in [1.82, 2.24) is 10.4 Å². The number of nitrogens with zero attached hydrogens (tertiary/aromatic N) is 2. The normalized spacial score (nSPS) is 11.1. The molecule has 0 spiro atoms.